The first-order valence-electron chi connectivity index (χ1n) is 5.54. The zero-order valence-electron chi connectivity index (χ0n) is 8.13. The van der Waals surface area contributed by atoms with Gasteiger partial charge in [0, 0.05) is 6.04 Å². The summed E-state index contributed by atoms with van der Waals surface area (Å²) in [4.78, 5) is 0. The third kappa shape index (κ3) is 1.39. The topological polar surface area (TPSA) is 26.0 Å². The van der Waals surface area contributed by atoms with Crippen molar-refractivity contribution < 1.29 is 0 Å². The average molecular weight is 167 g/mol. The Kier molecular flexibility index (Phi) is 2.40. The SMILES string of the molecule is C[C@H]1CCCC2CCCC(N)C21. The van der Waals surface area contributed by atoms with Crippen molar-refractivity contribution in [3.63, 3.8) is 0 Å². The van der Waals surface area contributed by atoms with Gasteiger partial charge in [-0.1, -0.05) is 39.0 Å². The Morgan fingerprint density at radius 1 is 1.00 bits per heavy atom. The molecule has 2 saturated carbocycles. The van der Waals surface area contributed by atoms with Gasteiger partial charge in [-0.2, -0.15) is 0 Å². The highest BCUT2D eigenvalue weighted by Gasteiger charge is 2.36. The molecule has 0 amide bonds. The lowest BCUT2D eigenvalue weighted by molar-refractivity contribution is 0.0937. The summed E-state index contributed by atoms with van der Waals surface area (Å²) >= 11 is 0. The van der Waals surface area contributed by atoms with Crippen LogP contribution < -0.4 is 5.73 Å². The molecule has 4 atom stereocenters. The van der Waals surface area contributed by atoms with Gasteiger partial charge in [0.15, 0.2) is 0 Å². The maximum Gasteiger partial charge on any atom is 0.00723 e. The van der Waals surface area contributed by atoms with Gasteiger partial charge in [-0.25, -0.2) is 0 Å². The van der Waals surface area contributed by atoms with E-state index in [1.807, 2.05) is 0 Å². The summed E-state index contributed by atoms with van der Waals surface area (Å²) in [5.41, 5.74) is 6.18. The van der Waals surface area contributed by atoms with E-state index in [1.165, 1.54) is 38.5 Å². The number of hydrogen-bond donors (Lipinski definition) is 1. The molecule has 2 rings (SSSR count). The largest absolute Gasteiger partial charge is 0.327 e. The van der Waals surface area contributed by atoms with Crippen molar-refractivity contribution in [1.29, 1.82) is 0 Å². The Labute approximate surface area is 75.7 Å². The summed E-state index contributed by atoms with van der Waals surface area (Å²) in [6, 6.07) is 0.527. The van der Waals surface area contributed by atoms with Crippen molar-refractivity contribution in [3.8, 4) is 0 Å². The van der Waals surface area contributed by atoms with Crippen LogP contribution in [0.2, 0.25) is 0 Å². The molecule has 0 radical (unpaired) electrons. The Balaban J connectivity index is 2.07. The summed E-state index contributed by atoms with van der Waals surface area (Å²) in [6.07, 6.45) is 8.47. The lowest BCUT2D eigenvalue weighted by Gasteiger charge is -2.43. The van der Waals surface area contributed by atoms with Crippen LogP contribution in [0.25, 0.3) is 0 Å². The lowest BCUT2D eigenvalue weighted by Crippen LogP contribution is -2.44. The van der Waals surface area contributed by atoms with Crippen LogP contribution in [-0.4, -0.2) is 6.04 Å². The molecular formula is C11H21N. The minimum absolute atomic E-state index is 0.527. The van der Waals surface area contributed by atoms with Gasteiger partial charge >= 0.3 is 0 Å². The third-order valence-electron chi connectivity index (χ3n) is 4.04. The standard InChI is InChI=1S/C11H21N/c1-8-4-2-5-9-6-3-7-10(12)11(8)9/h8-11H,2-7,12H2,1H3/t8-,9?,10?,11?/m0/s1. The fourth-order valence-electron chi connectivity index (χ4n) is 3.47. The van der Waals surface area contributed by atoms with Crippen LogP contribution in [0, 0.1) is 17.8 Å². The summed E-state index contributed by atoms with van der Waals surface area (Å²) in [5.74, 6) is 2.75. The van der Waals surface area contributed by atoms with Gasteiger partial charge in [0.1, 0.15) is 0 Å². The fraction of sp³-hybridized carbons (Fsp3) is 1.00. The van der Waals surface area contributed by atoms with E-state index in [4.69, 9.17) is 5.73 Å². The predicted octanol–water partition coefficient (Wildman–Crippen LogP) is 2.55. The minimum atomic E-state index is 0.527. The minimum Gasteiger partial charge on any atom is -0.327 e. The first-order valence-corrected chi connectivity index (χ1v) is 5.54. The first kappa shape index (κ1) is 8.55. The molecule has 0 aromatic carbocycles. The van der Waals surface area contributed by atoms with Crippen molar-refractivity contribution in [3.05, 3.63) is 0 Å². The van der Waals surface area contributed by atoms with Crippen LogP contribution in [0.4, 0.5) is 0 Å². The second-order valence-electron chi connectivity index (χ2n) is 4.84. The highest BCUT2D eigenvalue weighted by molar-refractivity contribution is 4.90. The molecule has 0 heterocycles. The van der Waals surface area contributed by atoms with Crippen molar-refractivity contribution in [1.82, 2.24) is 0 Å². The Morgan fingerprint density at radius 2 is 1.67 bits per heavy atom. The monoisotopic (exact) mass is 167 g/mol. The maximum atomic E-state index is 6.18. The molecule has 2 aliphatic rings. The van der Waals surface area contributed by atoms with E-state index >= 15 is 0 Å². The molecule has 1 heteroatoms. The first-order chi connectivity index (χ1) is 5.79. The summed E-state index contributed by atoms with van der Waals surface area (Å²) in [5, 5.41) is 0. The van der Waals surface area contributed by atoms with E-state index in [0.717, 1.165) is 17.8 Å². The highest BCUT2D eigenvalue weighted by Crippen LogP contribution is 2.42. The van der Waals surface area contributed by atoms with Crippen LogP contribution in [-0.2, 0) is 0 Å². The Morgan fingerprint density at radius 3 is 2.33 bits per heavy atom. The Bertz CT molecular complexity index is 139. The fourth-order valence-corrected chi connectivity index (χ4v) is 3.47. The molecule has 0 aromatic heterocycles. The quantitative estimate of drug-likeness (QED) is 0.589. The Hall–Kier alpha value is -0.0400. The van der Waals surface area contributed by atoms with Crippen molar-refractivity contribution >= 4 is 0 Å². The van der Waals surface area contributed by atoms with E-state index in [1.54, 1.807) is 0 Å². The summed E-state index contributed by atoms with van der Waals surface area (Å²) < 4.78 is 0. The highest BCUT2D eigenvalue weighted by atomic mass is 14.7. The van der Waals surface area contributed by atoms with Gasteiger partial charge in [0.25, 0.3) is 0 Å². The zero-order chi connectivity index (χ0) is 8.55. The molecule has 1 nitrogen and oxygen atoms in total. The molecule has 0 saturated heterocycles. The van der Waals surface area contributed by atoms with Gasteiger partial charge in [0.2, 0.25) is 0 Å². The second kappa shape index (κ2) is 3.37. The summed E-state index contributed by atoms with van der Waals surface area (Å²) in [7, 11) is 0. The van der Waals surface area contributed by atoms with Gasteiger partial charge in [-0.15, -0.1) is 0 Å². The molecule has 2 aliphatic carbocycles. The molecule has 0 bridgehead atoms. The molecule has 2 N–H and O–H groups in total. The van der Waals surface area contributed by atoms with Crippen LogP contribution >= 0.6 is 0 Å². The van der Waals surface area contributed by atoms with Crippen LogP contribution in [0.3, 0.4) is 0 Å². The zero-order valence-corrected chi connectivity index (χ0v) is 8.13. The van der Waals surface area contributed by atoms with E-state index in [-0.39, 0.29) is 0 Å². The number of rotatable bonds is 0. The van der Waals surface area contributed by atoms with Crippen molar-refractivity contribution in [2.45, 2.75) is 51.5 Å². The molecule has 0 aliphatic heterocycles. The van der Waals surface area contributed by atoms with Gasteiger partial charge in [0.05, 0.1) is 0 Å². The van der Waals surface area contributed by atoms with Crippen molar-refractivity contribution in [2.75, 3.05) is 0 Å². The number of fused-ring (bicyclic) bond motifs is 1. The van der Waals surface area contributed by atoms with Gasteiger partial charge < -0.3 is 5.73 Å². The second-order valence-corrected chi connectivity index (χ2v) is 4.84. The third-order valence-corrected chi connectivity index (χ3v) is 4.04. The lowest BCUT2D eigenvalue weighted by atomic mass is 9.64. The maximum absolute atomic E-state index is 6.18. The van der Waals surface area contributed by atoms with Crippen molar-refractivity contribution in [2.24, 2.45) is 23.5 Å². The smallest absolute Gasteiger partial charge is 0.00723 e. The molecule has 3 unspecified atom stereocenters. The number of nitrogens with two attached hydrogens (primary N) is 1. The van der Waals surface area contributed by atoms with E-state index < -0.39 is 0 Å². The van der Waals surface area contributed by atoms with Gasteiger partial charge in [-0.3, -0.25) is 0 Å². The number of hydrogen-bond acceptors (Lipinski definition) is 1. The summed E-state index contributed by atoms with van der Waals surface area (Å²) in [6.45, 7) is 2.40. The van der Waals surface area contributed by atoms with E-state index in [9.17, 15) is 0 Å². The van der Waals surface area contributed by atoms with Crippen LogP contribution in [0.15, 0.2) is 0 Å². The normalized spacial score (nSPS) is 48.5. The average Bonchev–Trinajstić information content (AvgIpc) is 2.04. The van der Waals surface area contributed by atoms with Crippen LogP contribution in [0.1, 0.15) is 45.4 Å². The van der Waals surface area contributed by atoms with Gasteiger partial charge in [-0.05, 0) is 24.2 Å². The van der Waals surface area contributed by atoms with E-state index in [0.29, 0.717) is 6.04 Å². The van der Waals surface area contributed by atoms with E-state index in [2.05, 4.69) is 6.92 Å². The predicted molar refractivity (Wildman–Crippen MR) is 51.8 cm³/mol. The molecule has 12 heavy (non-hydrogen) atoms. The molecule has 0 spiro atoms. The molecular weight excluding hydrogens is 146 g/mol. The van der Waals surface area contributed by atoms with Crippen LogP contribution in [0.5, 0.6) is 0 Å². The molecule has 0 aromatic rings. The molecule has 2 fully saturated rings. The molecule has 70 valence electrons.